The van der Waals surface area contributed by atoms with E-state index in [0.717, 1.165) is 0 Å². The van der Waals surface area contributed by atoms with E-state index in [-0.39, 0.29) is 5.41 Å². The van der Waals surface area contributed by atoms with Gasteiger partial charge in [0, 0.05) is 29.1 Å². The molecule has 2 aromatic rings. The lowest BCUT2D eigenvalue weighted by atomic mass is 9.81. The van der Waals surface area contributed by atoms with Crippen molar-refractivity contribution in [3.63, 3.8) is 0 Å². The van der Waals surface area contributed by atoms with Crippen LogP contribution >= 0.6 is 0 Å². The second-order valence-electron chi connectivity index (χ2n) is 8.75. The van der Waals surface area contributed by atoms with Gasteiger partial charge in [-0.2, -0.15) is 0 Å². The molecule has 1 unspecified atom stereocenters. The van der Waals surface area contributed by atoms with Gasteiger partial charge in [0.1, 0.15) is 0 Å². The van der Waals surface area contributed by atoms with Crippen molar-refractivity contribution in [2.45, 2.75) is 90.5 Å². The maximum atomic E-state index is 2.70. The zero-order valence-electron chi connectivity index (χ0n) is 17.4. The predicted octanol–water partition coefficient (Wildman–Crippen LogP) is 7.47. The molecule has 0 amide bonds. The van der Waals surface area contributed by atoms with E-state index in [1.54, 1.807) is 0 Å². The second-order valence-corrected chi connectivity index (χ2v) is 8.75. The molecule has 0 aromatic heterocycles. The minimum atomic E-state index is 0.222. The van der Waals surface area contributed by atoms with Gasteiger partial charge < -0.3 is 4.90 Å². The zero-order valence-corrected chi connectivity index (χ0v) is 17.4. The van der Waals surface area contributed by atoms with Crippen LogP contribution in [0.5, 0.6) is 0 Å². The van der Waals surface area contributed by atoms with Crippen LogP contribution in [0.2, 0.25) is 0 Å². The molecule has 0 saturated carbocycles. The fourth-order valence-electron chi connectivity index (χ4n) is 4.61. The first-order chi connectivity index (χ1) is 12.6. The average molecular weight is 352 g/mol. The van der Waals surface area contributed by atoms with E-state index < -0.39 is 0 Å². The molecule has 0 bridgehead atoms. The summed E-state index contributed by atoms with van der Waals surface area (Å²) in [6.07, 6.45) is 11.1. The van der Waals surface area contributed by atoms with Crippen molar-refractivity contribution in [1.29, 1.82) is 0 Å². The Morgan fingerprint density at radius 3 is 2.23 bits per heavy atom. The topological polar surface area (TPSA) is 3.24 Å². The highest BCUT2D eigenvalue weighted by molar-refractivity contribution is 5.98. The van der Waals surface area contributed by atoms with Gasteiger partial charge in [0.05, 0.1) is 0 Å². The van der Waals surface area contributed by atoms with Crippen LogP contribution in [0.25, 0.3) is 10.8 Å². The lowest BCUT2D eigenvalue weighted by Gasteiger charge is -2.31. The third kappa shape index (κ3) is 3.77. The average Bonchev–Trinajstić information content (AvgIpc) is 2.84. The Kier molecular flexibility index (Phi) is 6.27. The van der Waals surface area contributed by atoms with E-state index in [1.165, 1.54) is 79.9 Å². The number of unbranched alkanes of at least 4 members (excludes halogenated alkanes) is 7. The number of rotatable bonds is 9. The van der Waals surface area contributed by atoms with Gasteiger partial charge in [-0.1, -0.05) is 102 Å². The summed E-state index contributed by atoms with van der Waals surface area (Å²) >= 11 is 0. The number of hydrogen-bond acceptors (Lipinski definition) is 1. The smallest absolute Gasteiger partial charge is 0.0487 e. The first-order valence-corrected chi connectivity index (χ1v) is 10.9. The lowest BCUT2D eigenvalue weighted by Crippen LogP contribution is -2.39. The lowest BCUT2D eigenvalue weighted by molar-refractivity contribution is 0.436. The van der Waals surface area contributed by atoms with Crippen LogP contribution in [0.1, 0.15) is 84.6 Å². The van der Waals surface area contributed by atoms with E-state index in [2.05, 4.69) is 69.0 Å². The van der Waals surface area contributed by atoms with E-state index >= 15 is 0 Å². The Bertz CT molecular complexity index is 715. The monoisotopic (exact) mass is 351 g/mol. The summed E-state index contributed by atoms with van der Waals surface area (Å²) in [7, 11) is 0. The van der Waals surface area contributed by atoms with Gasteiger partial charge in [0.25, 0.3) is 0 Å². The fourth-order valence-corrected chi connectivity index (χ4v) is 4.61. The molecule has 2 aromatic carbocycles. The van der Waals surface area contributed by atoms with Crippen molar-refractivity contribution in [1.82, 2.24) is 0 Å². The maximum Gasteiger partial charge on any atom is 0.0487 e. The van der Waals surface area contributed by atoms with Crippen LogP contribution in [0.15, 0.2) is 36.4 Å². The Morgan fingerprint density at radius 2 is 1.50 bits per heavy atom. The summed E-state index contributed by atoms with van der Waals surface area (Å²) in [4.78, 5) is 2.70. The molecule has 1 nitrogen and oxygen atoms in total. The highest BCUT2D eigenvalue weighted by atomic mass is 15.2. The largest absolute Gasteiger partial charge is 0.367 e. The molecule has 1 heterocycles. The predicted molar refractivity (Wildman–Crippen MR) is 116 cm³/mol. The standard InChI is InChI=1S/C25H37N/c1-5-6-7-8-9-10-11-14-19-26-20(2)25(3,4)23-18-17-21-15-12-13-16-22(21)24(23)26/h12-13,15-18,20H,5-11,14,19H2,1-4H3. The van der Waals surface area contributed by atoms with Gasteiger partial charge in [0.15, 0.2) is 0 Å². The van der Waals surface area contributed by atoms with Crippen LogP contribution in [-0.2, 0) is 5.41 Å². The number of hydrogen-bond donors (Lipinski definition) is 0. The summed E-state index contributed by atoms with van der Waals surface area (Å²) in [5, 5.41) is 2.80. The van der Waals surface area contributed by atoms with Crippen molar-refractivity contribution in [2.24, 2.45) is 0 Å². The summed E-state index contributed by atoms with van der Waals surface area (Å²) in [5.74, 6) is 0. The molecule has 1 heteroatoms. The second kappa shape index (κ2) is 8.46. The maximum absolute atomic E-state index is 2.70. The molecule has 0 radical (unpaired) electrons. The van der Waals surface area contributed by atoms with Gasteiger partial charge in [0.2, 0.25) is 0 Å². The molecule has 26 heavy (non-hydrogen) atoms. The molecule has 0 spiro atoms. The first-order valence-electron chi connectivity index (χ1n) is 10.9. The third-order valence-corrected chi connectivity index (χ3v) is 6.65. The highest BCUT2D eigenvalue weighted by Crippen LogP contribution is 2.48. The van der Waals surface area contributed by atoms with Crippen molar-refractivity contribution in [3.8, 4) is 0 Å². The molecular weight excluding hydrogens is 314 g/mol. The Morgan fingerprint density at radius 1 is 0.846 bits per heavy atom. The highest BCUT2D eigenvalue weighted by Gasteiger charge is 2.42. The van der Waals surface area contributed by atoms with Crippen LogP contribution < -0.4 is 4.90 Å². The van der Waals surface area contributed by atoms with Crippen LogP contribution in [0.4, 0.5) is 5.69 Å². The minimum absolute atomic E-state index is 0.222. The quantitative estimate of drug-likeness (QED) is 0.424. The fraction of sp³-hybridized carbons (Fsp3) is 0.600. The van der Waals surface area contributed by atoms with Gasteiger partial charge >= 0.3 is 0 Å². The molecule has 0 saturated heterocycles. The van der Waals surface area contributed by atoms with E-state index in [0.29, 0.717) is 6.04 Å². The van der Waals surface area contributed by atoms with Gasteiger partial charge in [-0.3, -0.25) is 0 Å². The van der Waals surface area contributed by atoms with Gasteiger partial charge in [-0.05, 0) is 24.3 Å². The molecule has 142 valence electrons. The molecule has 1 aliphatic rings. The van der Waals surface area contributed by atoms with Crippen LogP contribution in [0, 0.1) is 0 Å². The third-order valence-electron chi connectivity index (χ3n) is 6.65. The van der Waals surface area contributed by atoms with E-state index in [9.17, 15) is 0 Å². The molecule has 0 fully saturated rings. The SMILES string of the molecule is CCCCCCCCCCN1c2c(ccc3ccccc23)C(C)(C)C1C. The summed E-state index contributed by atoms with van der Waals surface area (Å²) in [6.45, 7) is 10.7. The van der Waals surface area contributed by atoms with E-state index in [1.807, 2.05) is 0 Å². The van der Waals surface area contributed by atoms with Crippen molar-refractivity contribution >= 4 is 16.5 Å². The van der Waals surface area contributed by atoms with Crippen LogP contribution in [0.3, 0.4) is 0 Å². The van der Waals surface area contributed by atoms with Crippen molar-refractivity contribution in [2.75, 3.05) is 11.4 Å². The van der Waals surface area contributed by atoms with Crippen molar-refractivity contribution in [3.05, 3.63) is 42.0 Å². The number of fused-ring (bicyclic) bond motifs is 3. The summed E-state index contributed by atoms with van der Waals surface area (Å²) in [6, 6.07) is 14.1. The molecule has 1 aliphatic heterocycles. The van der Waals surface area contributed by atoms with Gasteiger partial charge in [-0.25, -0.2) is 0 Å². The Labute approximate surface area is 160 Å². The molecule has 0 aliphatic carbocycles. The van der Waals surface area contributed by atoms with Crippen molar-refractivity contribution < 1.29 is 0 Å². The number of anilines is 1. The molecule has 3 rings (SSSR count). The number of nitrogens with zero attached hydrogens (tertiary/aromatic N) is 1. The molecule has 0 N–H and O–H groups in total. The Hall–Kier alpha value is -1.50. The van der Waals surface area contributed by atoms with Crippen LogP contribution in [-0.4, -0.2) is 12.6 Å². The normalized spacial score (nSPS) is 18.5. The minimum Gasteiger partial charge on any atom is -0.367 e. The zero-order chi connectivity index (χ0) is 18.6. The molecular formula is C25H37N. The first kappa shape index (κ1) is 19.3. The summed E-state index contributed by atoms with van der Waals surface area (Å²) in [5.41, 5.74) is 3.26. The summed E-state index contributed by atoms with van der Waals surface area (Å²) < 4.78 is 0. The van der Waals surface area contributed by atoms with Gasteiger partial charge in [-0.15, -0.1) is 0 Å². The molecule has 1 atom stereocenters. The van der Waals surface area contributed by atoms with E-state index in [4.69, 9.17) is 0 Å². The Balaban J connectivity index is 1.67. The number of benzene rings is 2.